The van der Waals surface area contributed by atoms with E-state index in [-0.39, 0.29) is 12.2 Å². The van der Waals surface area contributed by atoms with Crippen molar-refractivity contribution >= 4 is 11.6 Å². The zero-order valence-corrected chi connectivity index (χ0v) is 16.2. The lowest BCUT2D eigenvalue weighted by atomic mass is 9.88. The standard InChI is InChI=1S/C24H18N2O4/c1-15-7-6-12-21-25-16(13-22(27)26(15)21)14-29-24(28)23-17-8-2-4-10-19(17)30-20-11-5-3-9-18(20)23/h2-13,23H,14H2,1H3. The van der Waals surface area contributed by atoms with Crippen molar-refractivity contribution < 1.29 is 14.3 Å². The van der Waals surface area contributed by atoms with E-state index in [0.717, 1.165) is 16.8 Å². The quantitative estimate of drug-likeness (QED) is 0.488. The summed E-state index contributed by atoms with van der Waals surface area (Å²) in [6, 6.07) is 21.7. The molecule has 0 aliphatic carbocycles. The van der Waals surface area contributed by atoms with Gasteiger partial charge in [-0.3, -0.25) is 14.0 Å². The summed E-state index contributed by atoms with van der Waals surface area (Å²) in [4.78, 5) is 30.0. The predicted octanol–water partition coefficient (Wildman–Crippen LogP) is 3.98. The number of para-hydroxylation sites is 2. The first-order valence-electron chi connectivity index (χ1n) is 9.62. The third kappa shape index (κ3) is 3.03. The van der Waals surface area contributed by atoms with E-state index in [9.17, 15) is 9.59 Å². The lowest BCUT2D eigenvalue weighted by Gasteiger charge is -2.26. The second-order valence-corrected chi connectivity index (χ2v) is 7.16. The van der Waals surface area contributed by atoms with Crippen LogP contribution in [0, 0.1) is 6.92 Å². The summed E-state index contributed by atoms with van der Waals surface area (Å²) in [5.41, 5.74) is 3.03. The lowest BCUT2D eigenvalue weighted by Crippen LogP contribution is -2.22. The highest BCUT2D eigenvalue weighted by Gasteiger charge is 2.33. The number of aromatic nitrogens is 2. The highest BCUT2D eigenvalue weighted by molar-refractivity contribution is 5.85. The van der Waals surface area contributed by atoms with Crippen molar-refractivity contribution in [3.8, 4) is 11.5 Å². The maximum atomic E-state index is 13.1. The fourth-order valence-corrected chi connectivity index (χ4v) is 3.83. The molecule has 0 atom stereocenters. The molecular weight excluding hydrogens is 380 g/mol. The minimum Gasteiger partial charge on any atom is -0.458 e. The lowest BCUT2D eigenvalue weighted by molar-refractivity contribution is -0.146. The molecule has 6 heteroatoms. The smallest absolute Gasteiger partial charge is 0.318 e. The zero-order valence-electron chi connectivity index (χ0n) is 16.2. The number of aryl methyl sites for hydroxylation is 1. The molecule has 0 fully saturated rings. The summed E-state index contributed by atoms with van der Waals surface area (Å²) in [6.07, 6.45) is 0. The summed E-state index contributed by atoms with van der Waals surface area (Å²) < 4.78 is 13.1. The number of hydrogen-bond donors (Lipinski definition) is 0. The van der Waals surface area contributed by atoms with Gasteiger partial charge in [0, 0.05) is 22.9 Å². The molecule has 0 spiro atoms. The van der Waals surface area contributed by atoms with Crippen LogP contribution in [0.25, 0.3) is 5.65 Å². The van der Waals surface area contributed by atoms with E-state index in [1.54, 1.807) is 6.07 Å². The molecule has 5 rings (SSSR count). The minimum atomic E-state index is -0.602. The van der Waals surface area contributed by atoms with E-state index in [4.69, 9.17) is 9.47 Å². The van der Waals surface area contributed by atoms with Crippen LogP contribution in [0.2, 0.25) is 0 Å². The maximum Gasteiger partial charge on any atom is 0.318 e. The van der Waals surface area contributed by atoms with Crippen molar-refractivity contribution in [3.63, 3.8) is 0 Å². The number of pyridine rings is 1. The molecule has 6 nitrogen and oxygen atoms in total. The van der Waals surface area contributed by atoms with Gasteiger partial charge >= 0.3 is 5.97 Å². The maximum absolute atomic E-state index is 13.1. The van der Waals surface area contributed by atoms with E-state index in [0.29, 0.717) is 22.8 Å². The highest BCUT2D eigenvalue weighted by Crippen LogP contribution is 2.44. The van der Waals surface area contributed by atoms with Crippen LogP contribution in [-0.4, -0.2) is 15.4 Å². The summed E-state index contributed by atoms with van der Waals surface area (Å²) in [7, 11) is 0. The highest BCUT2D eigenvalue weighted by atomic mass is 16.5. The predicted molar refractivity (Wildman–Crippen MR) is 111 cm³/mol. The van der Waals surface area contributed by atoms with Crippen LogP contribution < -0.4 is 10.3 Å². The number of rotatable bonds is 3. The summed E-state index contributed by atoms with van der Waals surface area (Å²) in [5, 5.41) is 0. The molecule has 0 N–H and O–H groups in total. The van der Waals surface area contributed by atoms with Crippen molar-refractivity contribution in [1.29, 1.82) is 0 Å². The van der Waals surface area contributed by atoms with Crippen LogP contribution in [0.4, 0.5) is 0 Å². The first kappa shape index (κ1) is 18.1. The van der Waals surface area contributed by atoms with Crippen molar-refractivity contribution in [2.24, 2.45) is 0 Å². The second kappa shape index (κ2) is 7.15. The Morgan fingerprint density at radius 3 is 2.37 bits per heavy atom. The van der Waals surface area contributed by atoms with Gasteiger partial charge in [0.05, 0.1) is 5.69 Å². The Labute approximate surface area is 172 Å². The number of carbonyl (C=O) groups excluding carboxylic acids is 1. The van der Waals surface area contributed by atoms with E-state index >= 15 is 0 Å². The number of nitrogens with zero attached hydrogens (tertiary/aromatic N) is 2. The summed E-state index contributed by atoms with van der Waals surface area (Å²) >= 11 is 0. The molecule has 0 unspecified atom stereocenters. The van der Waals surface area contributed by atoms with Crippen LogP contribution in [0.15, 0.2) is 77.6 Å². The molecule has 0 bridgehead atoms. The molecule has 0 saturated carbocycles. The fourth-order valence-electron chi connectivity index (χ4n) is 3.83. The molecular formula is C24H18N2O4. The van der Waals surface area contributed by atoms with Crippen LogP contribution in [0.3, 0.4) is 0 Å². The van der Waals surface area contributed by atoms with Crippen molar-refractivity contribution in [1.82, 2.24) is 9.38 Å². The SMILES string of the molecule is Cc1cccc2nc(COC(=O)C3c4ccccc4Oc4ccccc43)cc(=O)n12. The topological polar surface area (TPSA) is 69.9 Å². The molecule has 2 aromatic heterocycles. The minimum absolute atomic E-state index is 0.0831. The normalized spacial score (nSPS) is 12.7. The Bertz CT molecular complexity index is 1300. The molecule has 0 saturated heterocycles. The van der Waals surface area contributed by atoms with Gasteiger partial charge in [-0.25, -0.2) is 4.98 Å². The largest absolute Gasteiger partial charge is 0.458 e. The van der Waals surface area contributed by atoms with Gasteiger partial charge in [0.25, 0.3) is 5.56 Å². The first-order chi connectivity index (χ1) is 14.6. The zero-order chi connectivity index (χ0) is 20.7. The van der Waals surface area contributed by atoms with Crippen molar-refractivity contribution in [2.75, 3.05) is 0 Å². The summed E-state index contributed by atoms with van der Waals surface area (Å²) in [6.45, 7) is 1.76. The molecule has 4 aromatic rings. The Balaban J connectivity index is 1.46. The van der Waals surface area contributed by atoms with E-state index in [2.05, 4.69) is 4.98 Å². The van der Waals surface area contributed by atoms with Gasteiger partial charge in [-0.1, -0.05) is 42.5 Å². The van der Waals surface area contributed by atoms with Crippen molar-refractivity contribution in [2.45, 2.75) is 19.4 Å². The second-order valence-electron chi connectivity index (χ2n) is 7.16. The van der Waals surface area contributed by atoms with Crippen LogP contribution in [0.1, 0.15) is 28.4 Å². The number of ether oxygens (including phenoxy) is 2. The van der Waals surface area contributed by atoms with Crippen LogP contribution in [0.5, 0.6) is 11.5 Å². The third-order valence-electron chi connectivity index (χ3n) is 5.21. The molecule has 0 amide bonds. The van der Waals surface area contributed by atoms with Gasteiger partial charge in [-0.15, -0.1) is 0 Å². The molecule has 1 aliphatic heterocycles. The number of carbonyl (C=O) groups is 1. The van der Waals surface area contributed by atoms with Gasteiger partial charge in [0.2, 0.25) is 0 Å². The molecule has 30 heavy (non-hydrogen) atoms. The van der Waals surface area contributed by atoms with Crippen LogP contribution >= 0.6 is 0 Å². The Morgan fingerprint density at radius 2 is 1.67 bits per heavy atom. The Morgan fingerprint density at radius 1 is 1.00 bits per heavy atom. The monoisotopic (exact) mass is 398 g/mol. The number of benzene rings is 2. The molecule has 1 aliphatic rings. The number of esters is 1. The van der Waals surface area contributed by atoms with E-state index in [1.165, 1.54) is 10.5 Å². The van der Waals surface area contributed by atoms with Gasteiger partial charge in [-0.2, -0.15) is 0 Å². The van der Waals surface area contributed by atoms with E-state index < -0.39 is 11.9 Å². The molecule has 2 aromatic carbocycles. The van der Waals surface area contributed by atoms with E-state index in [1.807, 2.05) is 67.6 Å². The molecule has 3 heterocycles. The average Bonchev–Trinajstić information content (AvgIpc) is 2.75. The number of hydrogen-bond acceptors (Lipinski definition) is 5. The van der Waals surface area contributed by atoms with Gasteiger partial charge in [0.1, 0.15) is 29.7 Å². The average molecular weight is 398 g/mol. The summed E-state index contributed by atoms with van der Waals surface area (Å²) in [5.74, 6) is 0.255. The van der Waals surface area contributed by atoms with Gasteiger partial charge in [-0.05, 0) is 31.2 Å². The number of fused-ring (bicyclic) bond motifs is 3. The van der Waals surface area contributed by atoms with Gasteiger partial charge in [0.15, 0.2) is 0 Å². The first-order valence-corrected chi connectivity index (χ1v) is 9.62. The van der Waals surface area contributed by atoms with Crippen molar-refractivity contribution in [3.05, 3.63) is 106 Å². The van der Waals surface area contributed by atoms with Crippen LogP contribution in [-0.2, 0) is 16.1 Å². The third-order valence-corrected chi connectivity index (χ3v) is 5.21. The van der Waals surface area contributed by atoms with Gasteiger partial charge < -0.3 is 9.47 Å². The molecule has 0 radical (unpaired) electrons. The fraction of sp³-hybridized carbons (Fsp3) is 0.125. The Kier molecular flexibility index (Phi) is 4.32. The Hall–Kier alpha value is -3.93. The molecule has 148 valence electrons.